The summed E-state index contributed by atoms with van der Waals surface area (Å²) in [6.07, 6.45) is 3.44. The molecule has 1 N–H and O–H groups in total. The number of aromatic nitrogens is 2. The topological polar surface area (TPSA) is 37.8 Å². The van der Waals surface area contributed by atoms with E-state index in [0.717, 1.165) is 16.7 Å². The van der Waals surface area contributed by atoms with Crippen LogP contribution in [0.5, 0.6) is 0 Å². The number of rotatable bonds is 3. The summed E-state index contributed by atoms with van der Waals surface area (Å²) in [5.41, 5.74) is 6.82. The Balaban J connectivity index is 1.88. The van der Waals surface area contributed by atoms with Crippen molar-refractivity contribution < 1.29 is 0 Å². The summed E-state index contributed by atoms with van der Waals surface area (Å²) in [6, 6.07) is 12.9. The second kappa shape index (κ2) is 5.52. The Morgan fingerprint density at radius 3 is 2.48 bits per heavy atom. The highest BCUT2D eigenvalue weighted by molar-refractivity contribution is 5.78. The van der Waals surface area contributed by atoms with Gasteiger partial charge >= 0.3 is 0 Å². The third kappa shape index (κ3) is 2.87. The number of nitrogens with one attached hydrogen (secondary N) is 1. The van der Waals surface area contributed by atoms with Gasteiger partial charge in [-0.15, -0.1) is 0 Å². The van der Waals surface area contributed by atoms with E-state index in [4.69, 9.17) is 0 Å². The summed E-state index contributed by atoms with van der Waals surface area (Å²) in [6.45, 7) is 6.46. The zero-order valence-corrected chi connectivity index (χ0v) is 12.6. The maximum atomic E-state index is 4.35. The lowest BCUT2D eigenvalue weighted by Gasteiger charge is -2.18. The molecule has 3 rings (SSSR count). The van der Waals surface area contributed by atoms with Crippen LogP contribution >= 0.6 is 0 Å². The standard InChI is InChI=1S/C18H19N3/c1-12-4-5-13(2)16(10-12)14(3)21-15-6-7-17-18(11-15)20-9-8-19-17/h4-11,14,21H,1-3H3. The van der Waals surface area contributed by atoms with Crippen molar-refractivity contribution in [1.29, 1.82) is 0 Å². The maximum Gasteiger partial charge on any atom is 0.0907 e. The molecule has 1 aromatic heterocycles. The first-order valence-electron chi connectivity index (χ1n) is 7.18. The first-order chi connectivity index (χ1) is 10.1. The molecule has 0 aliphatic carbocycles. The number of fused-ring (bicyclic) bond motifs is 1. The van der Waals surface area contributed by atoms with Crippen LogP contribution in [0, 0.1) is 13.8 Å². The minimum Gasteiger partial charge on any atom is -0.378 e. The van der Waals surface area contributed by atoms with E-state index in [-0.39, 0.29) is 6.04 Å². The van der Waals surface area contributed by atoms with E-state index in [1.54, 1.807) is 12.4 Å². The minimum absolute atomic E-state index is 0.249. The third-order valence-electron chi connectivity index (χ3n) is 3.75. The largest absolute Gasteiger partial charge is 0.378 e. The van der Waals surface area contributed by atoms with Gasteiger partial charge in [0.1, 0.15) is 0 Å². The number of nitrogens with zero attached hydrogens (tertiary/aromatic N) is 2. The third-order valence-corrected chi connectivity index (χ3v) is 3.75. The zero-order chi connectivity index (χ0) is 14.8. The quantitative estimate of drug-likeness (QED) is 0.770. The second-order valence-corrected chi connectivity index (χ2v) is 5.49. The molecule has 0 amide bonds. The number of anilines is 1. The number of benzene rings is 2. The molecule has 1 heterocycles. The van der Waals surface area contributed by atoms with Crippen LogP contribution in [0.1, 0.15) is 29.7 Å². The Morgan fingerprint density at radius 1 is 0.905 bits per heavy atom. The fourth-order valence-corrected chi connectivity index (χ4v) is 2.61. The second-order valence-electron chi connectivity index (χ2n) is 5.49. The summed E-state index contributed by atoms with van der Waals surface area (Å²) < 4.78 is 0. The molecule has 1 atom stereocenters. The van der Waals surface area contributed by atoms with Crippen molar-refractivity contribution in [2.45, 2.75) is 26.8 Å². The van der Waals surface area contributed by atoms with Crippen molar-refractivity contribution in [3.63, 3.8) is 0 Å². The lowest BCUT2D eigenvalue weighted by Crippen LogP contribution is -2.08. The molecule has 0 spiro atoms. The molecule has 21 heavy (non-hydrogen) atoms. The van der Waals surface area contributed by atoms with Gasteiger partial charge in [-0.25, -0.2) is 0 Å². The van der Waals surface area contributed by atoms with Crippen molar-refractivity contribution in [1.82, 2.24) is 9.97 Å². The summed E-state index contributed by atoms with van der Waals surface area (Å²) in [5, 5.41) is 3.55. The average molecular weight is 277 g/mol. The van der Waals surface area contributed by atoms with Gasteiger partial charge in [-0.3, -0.25) is 9.97 Å². The Kier molecular flexibility index (Phi) is 3.57. The van der Waals surface area contributed by atoms with Crippen LogP contribution in [0.2, 0.25) is 0 Å². The van der Waals surface area contributed by atoms with Gasteiger partial charge in [0, 0.05) is 24.1 Å². The van der Waals surface area contributed by atoms with Crippen molar-refractivity contribution in [2.24, 2.45) is 0 Å². The van der Waals surface area contributed by atoms with E-state index < -0.39 is 0 Å². The molecule has 3 nitrogen and oxygen atoms in total. The number of aryl methyl sites for hydroxylation is 2. The molecular weight excluding hydrogens is 258 g/mol. The molecule has 0 bridgehead atoms. The van der Waals surface area contributed by atoms with Crippen LogP contribution in [-0.2, 0) is 0 Å². The molecule has 3 heteroatoms. The van der Waals surface area contributed by atoms with Gasteiger partial charge in [0.15, 0.2) is 0 Å². The molecule has 0 fully saturated rings. The first kappa shape index (κ1) is 13.6. The molecule has 3 aromatic rings. The Labute approximate surface area is 125 Å². The summed E-state index contributed by atoms with van der Waals surface area (Å²) in [5.74, 6) is 0. The average Bonchev–Trinajstić information content (AvgIpc) is 2.49. The molecule has 0 saturated heterocycles. The van der Waals surface area contributed by atoms with E-state index in [1.807, 2.05) is 12.1 Å². The highest BCUT2D eigenvalue weighted by atomic mass is 14.9. The van der Waals surface area contributed by atoms with Gasteiger partial charge < -0.3 is 5.32 Å². The van der Waals surface area contributed by atoms with Crippen LogP contribution in [0.15, 0.2) is 48.8 Å². The van der Waals surface area contributed by atoms with Crippen LogP contribution in [-0.4, -0.2) is 9.97 Å². The molecule has 0 saturated carbocycles. The summed E-state index contributed by atoms with van der Waals surface area (Å²) in [4.78, 5) is 8.65. The smallest absolute Gasteiger partial charge is 0.0907 e. The van der Waals surface area contributed by atoms with E-state index in [2.05, 4.69) is 60.3 Å². The van der Waals surface area contributed by atoms with Crippen molar-refractivity contribution in [3.8, 4) is 0 Å². The predicted octanol–water partition coefficient (Wildman–Crippen LogP) is 4.42. The lowest BCUT2D eigenvalue weighted by atomic mass is 10.00. The van der Waals surface area contributed by atoms with Crippen LogP contribution < -0.4 is 5.32 Å². The van der Waals surface area contributed by atoms with Gasteiger partial charge in [-0.2, -0.15) is 0 Å². The normalized spacial score (nSPS) is 12.3. The Bertz CT molecular complexity index is 780. The predicted molar refractivity (Wildman–Crippen MR) is 87.5 cm³/mol. The van der Waals surface area contributed by atoms with Gasteiger partial charge in [-0.1, -0.05) is 23.8 Å². The van der Waals surface area contributed by atoms with Crippen LogP contribution in [0.4, 0.5) is 5.69 Å². The molecule has 2 aromatic carbocycles. The molecule has 106 valence electrons. The summed E-state index contributed by atoms with van der Waals surface area (Å²) in [7, 11) is 0. The summed E-state index contributed by atoms with van der Waals surface area (Å²) >= 11 is 0. The fraction of sp³-hybridized carbons (Fsp3) is 0.222. The molecular formula is C18H19N3. The van der Waals surface area contributed by atoms with Crippen LogP contribution in [0.3, 0.4) is 0 Å². The number of hydrogen-bond acceptors (Lipinski definition) is 3. The van der Waals surface area contributed by atoms with E-state index >= 15 is 0 Å². The number of hydrogen-bond donors (Lipinski definition) is 1. The molecule has 0 aliphatic rings. The van der Waals surface area contributed by atoms with Crippen LogP contribution in [0.25, 0.3) is 11.0 Å². The van der Waals surface area contributed by atoms with E-state index in [1.165, 1.54) is 16.7 Å². The van der Waals surface area contributed by atoms with Crippen molar-refractivity contribution in [3.05, 3.63) is 65.5 Å². The van der Waals surface area contributed by atoms with Gasteiger partial charge in [-0.05, 0) is 50.1 Å². The molecule has 0 aliphatic heterocycles. The highest BCUT2D eigenvalue weighted by Gasteiger charge is 2.09. The van der Waals surface area contributed by atoms with Gasteiger partial charge in [0.05, 0.1) is 11.0 Å². The molecule has 1 unspecified atom stereocenters. The molecule has 0 radical (unpaired) electrons. The Hall–Kier alpha value is -2.42. The lowest BCUT2D eigenvalue weighted by molar-refractivity contribution is 0.872. The fourth-order valence-electron chi connectivity index (χ4n) is 2.61. The van der Waals surface area contributed by atoms with E-state index in [9.17, 15) is 0 Å². The zero-order valence-electron chi connectivity index (χ0n) is 12.6. The van der Waals surface area contributed by atoms with Gasteiger partial charge in [0.25, 0.3) is 0 Å². The maximum absolute atomic E-state index is 4.35. The van der Waals surface area contributed by atoms with Gasteiger partial charge in [0.2, 0.25) is 0 Å². The first-order valence-corrected chi connectivity index (χ1v) is 7.18. The monoisotopic (exact) mass is 277 g/mol. The van der Waals surface area contributed by atoms with Crippen molar-refractivity contribution in [2.75, 3.05) is 5.32 Å². The van der Waals surface area contributed by atoms with E-state index in [0.29, 0.717) is 0 Å². The Morgan fingerprint density at radius 2 is 1.67 bits per heavy atom. The highest BCUT2D eigenvalue weighted by Crippen LogP contribution is 2.24. The minimum atomic E-state index is 0.249. The van der Waals surface area contributed by atoms with Crippen molar-refractivity contribution >= 4 is 16.7 Å². The SMILES string of the molecule is Cc1ccc(C)c(C(C)Nc2ccc3nccnc3c2)c1.